The summed E-state index contributed by atoms with van der Waals surface area (Å²) in [4.78, 5) is 11.2. The molecule has 0 aliphatic heterocycles. The van der Waals surface area contributed by atoms with Crippen LogP contribution in [0.2, 0.25) is 0 Å². The van der Waals surface area contributed by atoms with Gasteiger partial charge in [-0.25, -0.2) is 0 Å². The standard InChI is InChI=1S/C13H14O2/c14-13(15)12(11-7-3-4-8-11)9-10-5-1-2-6-10/h1-5,7,12H,6,8-9H2,(H,14,15). The van der Waals surface area contributed by atoms with Gasteiger partial charge in [-0.2, -0.15) is 0 Å². The average Bonchev–Trinajstić information content (AvgIpc) is 2.87. The van der Waals surface area contributed by atoms with Crippen LogP contribution in [0.15, 0.2) is 47.6 Å². The molecule has 0 aromatic carbocycles. The van der Waals surface area contributed by atoms with E-state index < -0.39 is 5.97 Å². The Balaban J connectivity index is 2.04. The second-order valence-corrected chi connectivity index (χ2v) is 3.93. The highest BCUT2D eigenvalue weighted by atomic mass is 16.4. The number of allylic oxidation sites excluding steroid dienone is 7. The van der Waals surface area contributed by atoms with E-state index in [0.717, 1.165) is 18.4 Å². The first-order valence-corrected chi connectivity index (χ1v) is 5.20. The van der Waals surface area contributed by atoms with Crippen molar-refractivity contribution < 1.29 is 9.90 Å². The lowest BCUT2D eigenvalue weighted by Gasteiger charge is -2.14. The molecule has 0 aromatic rings. The fourth-order valence-corrected chi connectivity index (χ4v) is 2.00. The second kappa shape index (κ2) is 4.30. The largest absolute Gasteiger partial charge is 0.481 e. The highest BCUT2D eigenvalue weighted by molar-refractivity contribution is 5.74. The van der Waals surface area contributed by atoms with Crippen LogP contribution in [0, 0.1) is 5.92 Å². The van der Waals surface area contributed by atoms with Crippen molar-refractivity contribution in [2.75, 3.05) is 0 Å². The summed E-state index contributed by atoms with van der Waals surface area (Å²) in [5, 5.41) is 9.18. The van der Waals surface area contributed by atoms with E-state index in [4.69, 9.17) is 0 Å². The van der Waals surface area contributed by atoms with Crippen LogP contribution >= 0.6 is 0 Å². The second-order valence-electron chi connectivity index (χ2n) is 3.93. The van der Waals surface area contributed by atoms with Crippen LogP contribution in [0.1, 0.15) is 19.3 Å². The van der Waals surface area contributed by atoms with Gasteiger partial charge in [0.1, 0.15) is 0 Å². The summed E-state index contributed by atoms with van der Waals surface area (Å²) in [5.41, 5.74) is 2.24. The zero-order valence-corrected chi connectivity index (χ0v) is 8.52. The molecule has 2 rings (SSSR count). The van der Waals surface area contributed by atoms with Crippen molar-refractivity contribution in [3.05, 3.63) is 47.6 Å². The molecule has 15 heavy (non-hydrogen) atoms. The van der Waals surface area contributed by atoms with Crippen LogP contribution in [0.3, 0.4) is 0 Å². The quantitative estimate of drug-likeness (QED) is 0.761. The Hall–Kier alpha value is -1.57. The van der Waals surface area contributed by atoms with Crippen molar-refractivity contribution in [2.24, 2.45) is 5.92 Å². The number of hydrogen-bond acceptors (Lipinski definition) is 1. The summed E-state index contributed by atoms with van der Waals surface area (Å²) in [7, 11) is 0. The van der Waals surface area contributed by atoms with E-state index in [-0.39, 0.29) is 5.92 Å². The maximum Gasteiger partial charge on any atom is 0.310 e. The van der Waals surface area contributed by atoms with Crippen LogP contribution in [-0.4, -0.2) is 11.1 Å². The molecule has 0 spiro atoms. The molecular formula is C13H14O2. The summed E-state index contributed by atoms with van der Waals surface area (Å²) >= 11 is 0. The smallest absolute Gasteiger partial charge is 0.310 e. The van der Waals surface area contributed by atoms with Gasteiger partial charge in [0, 0.05) is 0 Å². The van der Waals surface area contributed by atoms with E-state index in [1.165, 1.54) is 5.57 Å². The van der Waals surface area contributed by atoms with Gasteiger partial charge in [0.2, 0.25) is 0 Å². The SMILES string of the molecule is O=C(O)C(CC1=CC=CC1)C1=CC=CC1. The minimum absolute atomic E-state index is 0.342. The van der Waals surface area contributed by atoms with Gasteiger partial charge in [-0.15, -0.1) is 0 Å². The van der Waals surface area contributed by atoms with Gasteiger partial charge in [0.05, 0.1) is 5.92 Å². The lowest BCUT2D eigenvalue weighted by atomic mass is 9.90. The summed E-state index contributed by atoms with van der Waals surface area (Å²) in [6.07, 6.45) is 14.3. The summed E-state index contributed by atoms with van der Waals surface area (Å²) in [6, 6.07) is 0. The van der Waals surface area contributed by atoms with Crippen molar-refractivity contribution >= 4 is 5.97 Å². The molecule has 2 nitrogen and oxygen atoms in total. The van der Waals surface area contributed by atoms with Crippen LogP contribution < -0.4 is 0 Å². The fraction of sp³-hybridized carbons (Fsp3) is 0.308. The first-order chi connectivity index (χ1) is 7.27. The molecule has 0 bridgehead atoms. The molecule has 2 aliphatic rings. The minimum atomic E-state index is -0.710. The maximum absolute atomic E-state index is 11.2. The van der Waals surface area contributed by atoms with Crippen LogP contribution in [-0.2, 0) is 4.79 Å². The van der Waals surface area contributed by atoms with Crippen LogP contribution in [0.5, 0.6) is 0 Å². The van der Waals surface area contributed by atoms with Gasteiger partial charge in [-0.05, 0) is 19.3 Å². The number of carbonyl (C=O) groups is 1. The molecule has 0 heterocycles. The molecule has 0 fully saturated rings. The zero-order chi connectivity index (χ0) is 10.7. The zero-order valence-electron chi connectivity index (χ0n) is 8.52. The first kappa shape index (κ1) is 9.97. The number of aliphatic carboxylic acids is 1. The van der Waals surface area contributed by atoms with Gasteiger partial charge in [-0.1, -0.05) is 47.6 Å². The highest BCUT2D eigenvalue weighted by Crippen LogP contribution is 2.29. The van der Waals surface area contributed by atoms with Gasteiger partial charge < -0.3 is 5.11 Å². The third kappa shape index (κ3) is 2.27. The lowest BCUT2D eigenvalue weighted by molar-refractivity contribution is -0.140. The molecule has 2 heteroatoms. The summed E-state index contributed by atoms with van der Waals surface area (Å²) in [5.74, 6) is -1.05. The van der Waals surface area contributed by atoms with E-state index in [0.29, 0.717) is 6.42 Å². The molecule has 1 atom stereocenters. The predicted octanol–water partition coefficient (Wildman–Crippen LogP) is 2.85. The topological polar surface area (TPSA) is 37.3 Å². The average molecular weight is 202 g/mol. The molecule has 0 aromatic heterocycles. The molecule has 1 N–H and O–H groups in total. The first-order valence-electron chi connectivity index (χ1n) is 5.20. The van der Waals surface area contributed by atoms with Crippen molar-refractivity contribution in [3.63, 3.8) is 0 Å². The van der Waals surface area contributed by atoms with Crippen molar-refractivity contribution in [2.45, 2.75) is 19.3 Å². The molecule has 0 radical (unpaired) electrons. The number of rotatable bonds is 4. The van der Waals surface area contributed by atoms with E-state index in [1.54, 1.807) is 0 Å². The Morgan fingerprint density at radius 3 is 2.53 bits per heavy atom. The van der Waals surface area contributed by atoms with Gasteiger partial charge in [0.15, 0.2) is 0 Å². The van der Waals surface area contributed by atoms with Crippen molar-refractivity contribution in [1.29, 1.82) is 0 Å². The lowest BCUT2D eigenvalue weighted by Crippen LogP contribution is -2.16. The molecule has 0 amide bonds. The summed E-state index contributed by atoms with van der Waals surface area (Å²) < 4.78 is 0. The van der Waals surface area contributed by atoms with Gasteiger partial charge >= 0.3 is 5.97 Å². The fourth-order valence-electron chi connectivity index (χ4n) is 2.00. The molecule has 0 saturated heterocycles. The summed E-state index contributed by atoms with van der Waals surface area (Å²) in [6.45, 7) is 0. The number of hydrogen-bond donors (Lipinski definition) is 1. The Kier molecular flexibility index (Phi) is 2.86. The third-order valence-electron chi connectivity index (χ3n) is 2.86. The minimum Gasteiger partial charge on any atom is -0.481 e. The van der Waals surface area contributed by atoms with Crippen LogP contribution in [0.25, 0.3) is 0 Å². The van der Waals surface area contributed by atoms with E-state index in [2.05, 4.69) is 6.08 Å². The molecule has 78 valence electrons. The maximum atomic E-state index is 11.2. The van der Waals surface area contributed by atoms with E-state index in [1.807, 2.05) is 30.4 Å². The van der Waals surface area contributed by atoms with Crippen LogP contribution in [0.4, 0.5) is 0 Å². The Morgan fingerprint density at radius 2 is 2.00 bits per heavy atom. The predicted molar refractivity (Wildman–Crippen MR) is 59.4 cm³/mol. The monoisotopic (exact) mass is 202 g/mol. The normalized spacial score (nSPS) is 20.3. The number of carboxylic acid groups (broad SMARTS) is 1. The Labute approximate surface area is 89.3 Å². The molecular weight excluding hydrogens is 188 g/mol. The highest BCUT2D eigenvalue weighted by Gasteiger charge is 2.23. The Morgan fingerprint density at radius 1 is 1.27 bits per heavy atom. The van der Waals surface area contributed by atoms with Gasteiger partial charge in [-0.3, -0.25) is 4.79 Å². The van der Waals surface area contributed by atoms with E-state index >= 15 is 0 Å². The molecule has 2 aliphatic carbocycles. The van der Waals surface area contributed by atoms with Crippen molar-refractivity contribution in [3.8, 4) is 0 Å². The van der Waals surface area contributed by atoms with Gasteiger partial charge in [0.25, 0.3) is 0 Å². The molecule has 1 unspecified atom stereocenters. The third-order valence-corrected chi connectivity index (χ3v) is 2.86. The van der Waals surface area contributed by atoms with Crippen molar-refractivity contribution in [1.82, 2.24) is 0 Å². The molecule has 0 saturated carbocycles. The van der Waals surface area contributed by atoms with E-state index in [9.17, 15) is 9.90 Å². The number of carboxylic acids is 1. The Bertz CT molecular complexity index is 383.